The molecule has 2 saturated heterocycles. The SMILES string of the molecule is CNCc1ccc(-c2nnc(-c3nc(N4CCC(N5CCCC5=O)CC4)cnc3C)o2)cc1.[HH]. The van der Waals surface area contributed by atoms with Crippen LogP contribution < -0.4 is 10.2 Å². The quantitative estimate of drug-likeness (QED) is 0.613. The topological polar surface area (TPSA) is 100 Å². The van der Waals surface area contributed by atoms with E-state index >= 15 is 0 Å². The smallest absolute Gasteiger partial charge is 0.268 e. The number of rotatable bonds is 6. The van der Waals surface area contributed by atoms with Gasteiger partial charge in [-0.15, -0.1) is 10.2 Å². The molecule has 2 aliphatic heterocycles. The third kappa shape index (κ3) is 4.45. The molecule has 0 unspecified atom stereocenters. The summed E-state index contributed by atoms with van der Waals surface area (Å²) in [5, 5.41) is 11.6. The van der Waals surface area contributed by atoms with Crippen molar-refractivity contribution in [3.63, 3.8) is 0 Å². The Bertz CT molecular complexity index is 1130. The first-order chi connectivity index (χ1) is 16.1. The first-order valence-electron chi connectivity index (χ1n) is 11.6. The van der Waals surface area contributed by atoms with Gasteiger partial charge in [0.1, 0.15) is 5.82 Å². The fourth-order valence-corrected chi connectivity index (χ4v) is 4.66. The Hall–Kier alpha value is -3.33. The molecule has 9 nitrogen and oxygen atoms in total. The number of piperidine rings is 1. The van der Waals surface area contributed by atoms with Gasteiger partial charge in [0.05, 0.1) is 11.9 Å². The van der Waals surface area contributed by atoms with Crippen molar-refractivity contribution in [2.24, 2.45) is 0 Å². The second-order valence-corrected chi connectivity index (χ2v) is 8.71. The van der Waals surface area contributed by atoms with Gasteiger partial charge in [-0.2, -0.15) is 0 Å². The molecular formula is C24H31N7O2. The van der Waals surface area contributed by atoms with Gasteiger partial charge in [-0.1, -0.05) is 12.1 Å². The molecule has 33 heavy (non-hydrogen) atoms. The van der Waals surface area contributed by atoms with Crippen LogP contribution in [0.5, 0.6) is 0 Å². The summed E-state index contributed by atoms with van der Waals surface area (Å²) >= 11 is 0. The molecule has 174 valence electrons. The summed E-state index contributed by atoms with van der Waals surface area (Å²) in [7, 11) is 1.92. The maximum absolute atomic E-state index is 12.1. The van der Waals surface area contributed by atoms with Crippen molar-refractivity contribution < 1.29 is 10.6 Å². The fraction of sp³-hybridized carbons (Fsp3) is 0.458. The standard InChI is InChI=1S/C24H29N7O2.H2/c1-16-22(24-29-28-23(33-24)18-7-5-17(6-8-18)14-25-2)27-20(15-26-16)30-12-9-19(10-13-30)31-11-3-4-21(31)32;/h5-8,15,19,25H,3-4,9-14H2,1-2H3;1H. The van der Waals surface area contributed by atoms with E-state index in [-0.39, 0.29) is 1.43 Å². The molecule has 0 aliphatic carbocycles. The molecule has 2 aromatic heterocycles. The number of anilines is 1. The zero-order chi connectivity index (χ0) is 22.8. The highest BCUT2D eigenvalue weighted by atomic mass is 16.4. The number of aromatic nitrogens is 4. The van der Waals surface area contributed by atoms with Gasteiger partial charge in [0.2, 0.25) is 11.8 Å². The van der Waals surface area contributed by atoms with E-state index in [1.165, 1.54) is 5.56 Å². The van der Waals surface area contributed by atoms with Crippen LogP contribution in [0.4, 0.5) is 5.82 Å². The van der Waals surface area contributed by atoms with Crippen LogP contribution in [0.3, 0.4) is 0 Å². The molecule has 0 radical (unpaired) electrons. The summed E-state index contributed by atoms with van der Waals surface area (Å²) in [6.07, 6.45) is 5.38. The molecule has 1 aromatic carbocycles. The Balaban J connectivity index is 0.00000274. The summed E-state index contributed by atoms with van der Waals surface area (Å²) in [4.78, 5) is 25.7. The van der Waals surface area contributed by atoms with Crippen LogP contribution in [0.25, 0.3) is 23.0 Å². The van der Waals surface area contributed by atoms with E-state index in [1.54, 1.807) is 6.20 Å². The lowest BCUT2D eigenvalue weighted by molar-refractivity contribution is -0.130. The van der Waals surface area contributed by atoms with Gasteiger partial charge in [0, 0.05) is 45.6 Å². The molecule has 2 aliphatic rings. The van der Waals surface area contributed by atoms with Crippen molar-refractivity contribution in [3.8, 4) is 23.0 Å². The summed E-state index contributed by atoms with van der Waals surface area (Å²) in [5.74, 6) is 1.94. The summed E-state index contributed by atoms with van der Waals surface area (Å²) in [6, 6.07) is 8.39. The average Bonchev–Trinajstić information content (AvgIpc) is 3.50. The molecule has 0 saturated carbocycles. The highest BCUT2D eigenvalue weighted by molar-refractivity contribution is 5.78. The Morgan fingerprint density at radius 2 is 1.88 bits per heavy atom. The maximum atomic E-state index is 12.1. The van der Waals surface area contributed by atoms with Gasteiger partial charge >= 0.3 is 0 Å². The molecule has 0 spiro atoms. The maximum Gasteiger partial charge on any atom is 0.268 e. The minimum absolute atomic E-state index is 0. The average molecular weight is 450 g/mol. The molecule has 4 heterocycles. The van der Waals surface area contributed by atoms with Gasteiger partial charge in [0.15, 0.2) is 5.69 Å². The third-order valence-electron chi connectivity index (χ3n) is 6.49. The molecule has 2 fully saturated rings. The van der Waals surface area contributed by atoms with Crippen molar-refractivity contribution in [1.82, 2.24) is 30.4 Å². The number of likely N-dealkylation sites (tertiary alicyclic amines) is 1. The number of nitrogens with one attached hydrogen (secondary N) is 1. The number of hydrogen-bond donors (Lipinski definition) is 1. The first-order valence-corrected chi connectivity index (χ1v) is 11.6. The van der Waals surface area contributed by atoms with Gasteiger partial charge in [0.25, 0.3) is 5.89 Å². The van der Waals surface area contributed by atoms with E-state index in [4.69, 9.17) is 9.40 Å². The van der Waals surface area contributed by atoms with Crippen LogP contribution in [0.1, 0.15) is 38.4 Å². The Labute approximate surface area is 194 Å². The van der Waals surface area contributed by atoms with E-state index in [9.17, 15) is 4.79 Å². The lowest BCUT2D eigenvalue weighted by Gasteiger charge is -2.37. The molecule has 9 heteroatoms. The van der Waals surface area contributed by atoms with E-state index in [0.29, 0.717) is 35.8 Å². The third-order valence-corrected chi connectivity index (χ3v) is 6.49. The second-order valence-electron chi connectivity index (χ2n) is 8.71. The monoisotopic (exact) mass is 449 g/mol. The largest absolute Gasteiger partial charge is 0.415 e. The summed E-state index contributed by atoms with van der Waals surface area (Å²) < 4.78 is 5.97. The van der Waals surface area contributed by atoms with E-state index in [1.807, 2.05) is 38.2 Å². The number of carbonyl (C=O) groups excluding carboxylic acids is 1. The number of benzene rings is 1. The zero-order valence-electron chi connectivity index (χ0n) is 19.1. The van der Waals surface area contributed by atoms with Gasteiger partial charge in [-0.05, 0) is 50.9 Å². The van der Waals surface area contributed by atoms with E-state index < -0.39 is 0 Å². The fourth-order valence-electron chi connectivity index (χ4n) is 4.66. The minimum Gasteiger partial charge on any atom is -0.415 e. The zero-order valence-corrected chi connectivity index (χ0v) is 19.1. The van der Waals surface area contributed by atoms with Crippen LogP contribution in [-0.4, -0.2) is 63.7 Å². The molecule has 1 N–H and O–H groups in total. The highest BCUT2D eigenvalue weighted by Crippen LogP contribution is 2.28. The van der Waals surface area contributed by atoms with Gasteiger partial charge in [-0.3, -0.25) is 9.78 Å². The van der Waals surface area contributed by atoms with Gasteiger partial charge < -0.3 is 19.5 Å². The molecule has 5 rings (SSSR count). The van der Waals surface area contributed by atoms with Crippen molar-refractivity contribution in [2.45, 2.75) is 45.2 Å². The molecule has 1 amide bonds. The number of carbonyl (C=O) groups is 1. The number of nitrogens with zero attached hydrogens (tertiary/aromatic N) is 6. The Kier molecular flexibility index (Phi) is 6.04. The molecular weight excluding hydrogens is 418 g/mol. The molecule has 0 bridgehead atoms. The van der Waals surface area contributed by atoms with Crippen LogP contribution in [0.15, 0.2) is 34.9 Å². The van der Waals surface area contributed by atoms with Crippen LogP contribution in [-0.2, 0) is 11.3 Å². The van der Waals surface area contributed by atoms with Crippen LogP contribution in [0, 0.1) is 6.92 Å². The van der Waals surface area contributed by atoms with Gasteiger partial charge in [-0.25, -0.2) is 4.98 Å². The minimum atomic E-state index is 0. The lowest BCUT2D eigenvalue weighted by atomic mass is 10.0. The number of hydrogen-bond acceptors (Lipinski definition) is 8. The van der Waals surface area contributed by atoms with Crippen molar-refractivity contribution >= 4 is 11.7 Å². The predicted octanol–water partition coefficient (Wildman–Crippen LogP) is 3.06. The van der Waals surface area contributed by atoms with Crippen molar-refractivity contribution in [2.75, 3.05) is 31.6 Å². The Morgan fingerprint density at radius 1 is 1.12 bits per heavy atom. The molecule has 0 atom stereocenters. The van der Waals surface area contributed by atoms with Crippen LogP contribution in [0.2, 0.25) is 0 Å². The predicted molar refractivity (Wildman–Crippen MR) is 127 cm³/mol. The van der Waals surface area contributed by atoms with E-state index in [0.717, 1.165) is 62.5 Å². The normalized spacial score (nSPS) is 17.2. The number of amides is 1. The summed E-state index contributed by atoms with van der Waals surface area (Å²) in [6.45, 7) is 5.30. The van der Waals surface area contributed by atoms with Crippen molar-refractivity contribution in [3.05, 3.63) is 41.7 Å². The molecule has 3 aromatic rings. The van der Waals surface area contributed by atoms with Crippen LogP contribution >= 0.6 is 0 Å². The summed E-state index contributed by atoms with van der Waals surface area (Å²) in [5.41, 5.74) is 3.41. The van der Waals surface area contributed by atoms with Crippen molar-refractivity contribution in [1.29, 1.82) is 0 Å². The lowest BCUT2D eigenvalue weighted by Crippen LogP contribution is -2.45. The Morgan fingerprint density at radius 3 is 2.58 bits per heavy atom. The second kappa shape index (κ2) is 9.27. The highest BCUT2D eigenvalue weighted by Gasteiger charge is 2.31. The first kappa shape index (κ1) is 21.5. The van der Waals surface area contributed by atoms with E-state index in [2.05, 4.69) is 30.3 Å². The number of aryl methyl sites for hydroxylation is 1.